The summed E-state index contributed by atoms with van der Waals surface area (Å²) in [6.45, 7) is -5.58. The SMILES string of the molecule is FC(F)C(F)(F)CO[C@@H]1[C@H](OCC(F)(F)C(F)F)C(F)(F)C(F)(F)C1(F)F. The minimum absolute atomic E-state index is 2.79. The van der Waals surface area contributed by atoms with E-state index >= 15 is 0 Å². The van der Waals surface area contributed by atoms with Crippen molar-refractivity contribution in [1.82, 2.24) is 0 Å². The monoisotopic (exact) mass is 438 g/mol. The number of hydrogen-bond donors (Lipinski definition) is 0. The average Bonchev–Trinajstić information content (AvgIpc) is 2.57. The molecule has 0 aromatic heterocycles. The Hall–Kier alpha value is -1.06. The average molecular weight is 438 g/mol. The second-order valence-corrected chi connectivity index (χ2v) is 5.41. The third-order valence-corrected chi connectivity index (χ3v) is 3.38. The molecule has 0 aliphatic heterocycles. The van der Waals surface area contributed by atoms with E-state index in [0.717, 1.165) is 0 Å². The lowest BCUT2D eigenvalue weighted by Gasteiger charge is -2.27. The number of ether oxygens (including phenoxy) is 2. The fourth-order valence-corrected chi connectivity index (χ4v) is 1.87. The van der Waals surface area contributed by atoms with Crippen molar-refractivity contribution >= 4 is 0 Å². The molecule has 1 aliphatic carbocycles. The Balaban J connectivity index is 3.17. The van der Waals surface area contributed by atoms with Gasteiger partial charge in [0.2, 0.25) is 0 Å². The highest BCUT2D eigenvalue weighted by molar-refractivity contribution is 5.16. The van der Waals surface area contributed by atoms with Gasteiger partial charge in [0.25, 0.3) is 0 Å². The Labute approximate surface area is 140 Å². The maximum absolute atomic E-state index is 13.5. The first-order valence-corrected chi connectivity index (χ1v) is 6.51. The van der Waals surface area contributed by atoms with E-state index in [-0.39, 0.29) is 0 Å². The van der Waals surface area contributed by atoms with Gasteiger partial charge >= 0.3 is 42.5 Å². The highest BCUT2D eigenvalue weighted by atomic mass is 19.4. The lowest BCUT2D eigenvalue weighted by atomic mass is 10.2. The van der Waals surface area contributed by atoms with Crippen molar-refractivity contribution < 1.29 is 70.9 Å². The summed E-state index contributed by atoms with van der Waals surface area (Å²) >= 11 is 0. The Kier molecular flexibility index (Phi) is 6.29. The third-order valence-electron chi connectivity index (χ3n) is 3.38. The van der Waals surface area contributed by atoms with Crippen LogP contribution in [0.3, 0.4) is 0 Å². The van der Waals surface area contributed by atoms with E-state index in [1.165, 1.54) is 0 Å². The van der Waals surface area contributed by atoms with E-state index in [2.05, 4.69) is 9.47 Å². The molecule has 2 nitrogen and oxygen atoms in total. The number of rotatable bonds is 8. The van der Waals surface area contributed by atoms with Gasteiger partial charge in [-0.15, -0.1) is 0 Å². The molecule has 162 valence electrons. The first-order valence-electron chi connectivity index (χ1n) is 6.51. The smallest absolute Gasteiger partial charge is 0.362 e. The number of alkyl halides is 14. The highest BCUT2D eigenvalue weighted by Gasteiger charge is 2.86. The lowest BCUT2D eigenvalue weighted by molar-refractivity contribution is -0.292. The van der Waals surface area contributed by atoms with Crippen LogP contribution in [-0.2, 0) is 9.47 Å². The maximum Gasteiger partial charge on any atom is 0.377 e. The van der Waals surface area contributed by atoms with E-state index in [0.29, 0.717) is 0 Å². The van der Waals surface area contributed by atoms with Gasteiger partial charge in [0.15, 0.2) is 12.2 Å². The van der Waals surface area contributed by atoms with Crippen molar-refractivity contribution in [3.05, 3.63) is 0 Å². The number of halogens is 14. The molecule has 1 rings (SSSR count). The van der Waals surface area contributed by atoms with Gasteiger partial charge in [-0.3, -0.25) is 0 Å². The highest BCUT2D eigenvalue weighted by Crippen LogP contribution is 2.58. The van der Waals surface area contributed by atoms with Crippen molar-refractivity contribution in [2.75, 3.05) is 13.2 Å². The molecule has 1 fully saturated rings. The molecule has 16 heteroatoms. The van der Waals surface area contributed by atoms with Gasteiger partial charge in [-0.25, -0.2) is 17.6 Å². The van der Waals surface area contributed by atoms with Crippen LogP contribution in [0, 0.1) is 0 Å². The summed E-state index contributed by atoms with van der Waals surface area (Å²) in [5, 5.41) is 0. The van der Waals surface area contributed by atoms with E-state index in [1.54, 1.807) is 0 Å². The van der Waals surface area contributed by atoms with Crippen molar-refractivity contribution in [2.45, 2.75) is 54.7 Å². The molecule has 0 N–H and O–H groups in total. The molecule has 27 heavy (non-hydrogen) atoms. The minimum atomic E-state index is -6.42. The molecule has 0 amide bonds. The van der Waals surface area contributed by atoms with Gasteiger partial charge in [0, 0.05) is 0 Å². The first kappa shape index (κ1) is 24.0. The predicted octanol–water partition coefficient (Wildman–Crippen LogP) is 4.48. The van der Waals surface area contributed by atoms with Crippen molar-refractivity contribution in [1.29, 1.82) is 0 Å². The van der Waals surface area contributed by atoms with Crippen molar-refractivity contribution in [2.24, 2.45) is 0 Å². The van der Waals surface area contributed by atoms with Gasteiger partial charge in [0.05, 0.1) is 0 Å². The van der Waals surface area contributed by atoms with Crippen molar-refractivity contribution in [3.8, 4) is 0 Å². The lowest BCUT2D eigenvalue weighted by Crippen LogP contribution is -2.50. The second-order valence-electron chi connectivity index (χ2n) is 5.41. The van der Waals surface area contributed by atoms with Gasteiger partial charge in [-0.1, -0.05) is 0 Å². The van der Waals surface area contributed by atoms with Crippen LogP contribution < -0.4 is 0 Å². The Morgan fingerprint density at radius 1 is 0.630 bits per heavy atom. The van der Waals surface area contributed by atoms with E-state index in [4.69, 9.17) is 0 Å². The summed E-state index contributed by atoms with van der Waals surface area (Å²) in [5.41, 5.74) is 0. The first-order chi connectivity index (χ1) is 11.8. The summed E-state index contributed by atoms with van der Waals surface area (Å²) in [6, 6.07) is 0. The summed E-state index contributed by atoms with van der Waals surface area (Å²) in [4.78, 5) is 0. The van der Waals surface area contributed by atoms with Gasteiger partial charge in [-0.2, -0.15) is 43.9 Å². The van der Waals surface area contributed by atoms with Crippen LogP contribution in [0.4, 0.5) is 61.5 Å². The second kappa shape index (κ2) is 7.08. The standard InChI is InChI=1S/C11H8F14O2/c12-5(13)7(16,17)1-26-3-4(27-2-8(18,19)6(14)15)10(22,23)11(24,25)9(3,20)21/h3-6H,1-2H2/t3-,4+. The molecule has 0 unspecified atom stereocenters. The zero-order chi connectivity index (χ0) is 21.6. The molecular formula is C11H8F14O2. The van der Waals surface area contributed by atoms with Crippen LogP contribution in [-0.4, -0.2) is 67.9 Å². The molecule has 0 bridgehead atoms. The normalized spacial score (nSPS) is 27.6. The van der Waals surface area contributed by atoms with Crippen LogP contribution in [0.1, 0.15) is 0 Å². The fourth-order valence-electron chi connectivity index (χ4n) is 1.87. The fraction of sp³-hybridized carbons (Fsp3) is 1.00. The molecule has 0 heterocycles. The van der Waals surface area contributed by atoms with Crippen LogP contribution in [0.5, 0.6) is 0 Å². The summed E-state index contributed by atoms with van der Waals surface area (Å²) in [5.74, 6) is -29.1. The van der Waals surface area contributed by atoms with Gasteiger partial charge in [0.1, 0.15) is 13.2 Å². The third kappa shape index (κ3) is 4.05. The molecule has 2 atom stereocenters. The molecule has 1 aliphatic rings. The topological polar surface area (TPSA) is 18.5 Å². The summed E-state index contributed by atoms with van der Waals surface area (Å²) < 4.78 is 186. The zero-order valence-electron chi connectivity index (χ0n) is 12.3. The zero-order valence-corrected chi connectivity index (χ0v) is 12.3. The van der Waals surface area contributed by atoms with Gasteiger partial charge in [-0.05, 0) is 0 Å². The summed E-state index contributed by atoms with van der Waals surface area (Å²) in [7, 11) is 0. The van der Waals surface area contributed by atoms with E-state index < -0.39 is 67.9 Å². The quantitative estimate of drug-likeness (QED) is 0.521. The molecular weight excluding hydrogens is 430 g/mol. The Morgan fingerprint density at radius 2 is 0.889 bits per heavy atom. The molecule has 0 aromatic carbocycles. The van der Waals surface area contributed by atoms with E-state index in [9.17, 15) is 61.5 Å². The molecule has 0 spiro atoms. The number of hydrogen-bond acceptors (Lipinski definition) is 2. The molecule has 0 saturated heterocycles. The molecule has 1 saturated carbocycles. The predicted molar refractivity (Wildman–Crippen MR) is 56.2 cm³/mol. The maximum atomic E-state index is 13.5. The van der Waals surface area contributed by atoms with Crippen LogP contribution in [0.25, 0.3) is 0 Å². The minimum Gasteiger partial charge on any atom is -0.362 e. The van der Waals surface area contributed by atoms with Crippen LogP contribution in [0.15, 0.2) is 0 Å². The van der Waals surface area contributed by atoms with Crippen molar-refractivity contribution in [3.63, 3.8) is 0 Å². The van der Waals surface area contributed by atoms with E-state index in [1.807, 2.05) is 0 Å². The van der Waals surface area contributed by atoms with Crippen LogP contribution >= 0.6 is 0 Å². The largest absolute Gasteiger partial charge is 0.377 e. The van der Waals surface area contributed by atoms with Crippen LogP contribution in [0.2, 0.25) is 0 Å². The van der Waals surface area contributed by atoms with Gasteiger partial charge < -0.3 is 9.47 Å². The Morgan fingerprint density at radius 3 is 1.11 bits per heavy atom. The molecule has 0 aromatic rings. The Bertz CT molecular complexity index is 475. The summed E-state index contributed by atoms with van der Waals surface area (Å²) in [6.07, 6.45) is -17.4. The molecule has 0 radical (unpaired) electrons.